The highest BCUT2D eigenvalue weighted by molar-refractivity contribution is 9.11. The van der Waals surface area contributed by atoms with Gasteiger partial charge in [0, 0.05) is 32.5 Å². The first-order chi connectivity index (χ1) is 8.63. The van der Waals surface area contributed by atoms with Crippen LogP contribution in [0, 0.1) is 0 Å². The Morgan fingerprint density at radius 2 is 1.94 bits per heavy atom. The van der Waals surface area contributed by atoms with Crippen molar-refractivity contribution in [1.29, 1.82) is 0 Å². The maximum Gasteiger partial charge on any atom is 0.251 e. The molecule has 1 aromatic carbocycles. The first-order valence-corrected chi connectivity index (χ1v) is 6.97. The lowest BCUT2D eigenvalue weighted by atomic mass is 10.2. The molecule has 0 bridgehead atoms. The monoisotopic (exact) mass is 374 g/mol. The van der Waals surface area contributed by atoms with E-state index < -0.39 is 0 Å². The first kappa shape index (κ1) is 15.0. The zero-order chi connectivity index (χ0) is 13.4. The Kier molecular flexibility index (Phi) is 6.78. The van der Waals surface area contributed by atoms with Gasteiger partial charge >= 0.3 is 0 Å². The Morgan fingerprint density at radius 3 is 2.56 bits per heavy atom. The third-order valence-corrected chi connectivity index (χ3v) is 3.07. The summed E-state index contributed by atoms with van der Waals surface area (Å²) in [7, 11) is 0. The summed E-state index contributed by atoms with van der Waals surface area (Å²) in [5.41, 5.74) is 8.69. The summed E-state index contributed by atoms with van der Waals surface area (Å²) >= 11 is 6.67. The van der Waals surface area contributed by atoms with Crippen LogP contribution in [0.2, 0.25) is 0 Å². The number of nitrogens with zero attached hydrogens (tertiary/aromatic N) is 3. The van der Waals surface area contributed by atoms with Crippen LogP contribution < -0.4 is 5.32 Å². The van der Waals surface area contributed by atoms with Crippen LogP contribution in [0.1, 0.15) is 23.2 Å². The molecule has 0 unspecified atom stereocenters. The van der Waals surface area contributed by atoms with E-state index in [1.807, 2.05) is 6.07 Å². The molecule has 0 radical (unpaired) electrons. The predicted molar refractivity (Wildman–Crippen MR) is 77.4 cm³/mol. The molecule has 0 fully saturated rings. The van der Waals surface area contributed by atoms with Crippen LogP contribution in [-0.4, -0.2) is 19.0 Å². The standard InChI is InChI=1S/C11H12Br2N4O/c12-9-5-8(6-10(13)7-9)11(18)15-3-1-2-4-16-17-14/h5-7H,1-4H2,(H,15,18). The zero-order valence-corrected chi connectivity index (χ0v) is 12.7. The lowest BCUT2D eigenvalue weighted by molar-refractivity contribution is 0.0953. The minimum atomic E-state index is -0.110. The zero-order valence-electron chi connectivity index (χ0n) is 9.57. The van der Waals surface area contributed by atoms with Gasteiger partial charge in [0.2, 0.25) is 0 Å². The van der Waals surface area contributed by atoms with Gasteiger partial charge in [-0.15, -0.1) is 0 Å². The number of unbranched alkanes of at least 4 members (excludes halogenated alkanes) is 1. The number of amides is 1. The number of hydrogen-bond donors (Lipinski definition) is 1. The lowest BCUT2D eigenvalue weighted by Gasteiger charge is -2.05. The van der Waals surface area contributed by atoms with Gasteiger partial charge in [-0.2, -0.15) is 0 Å². The number of carbonyl (C=O) groups is 1. The molecule has 5 nitrogen and oxygen atoms in total. The van der Waals surface area contributed by atoms with Crippen molar-refractivity contribution in [3.8, 4) is 0 Å². The van der Waals surface area contributed by atoms with Gasteiger partial charge in [0.1, 0.15) is 0 Å². The number of carbonyl (C=O) groups excluding carboxylic acids is 1. The lowest BCUT2D eigenvalue weighted by Crippen LogP contribution is -2.24. The molecule has 0 aliphatic heterocycles. The Balaban J connectivity index is 2.38. The van der Waals surface area contributed by atoms with E-state index in [1.165, 1.54) is 0 Å². The molecule has 0 heterocycles. The third-order valence-electron chi connectivity index (χ3n) is 2.16. The highest BCUT2D eigenvalue weighted by atomic mass is 79.9. The van der Waals surface area contributed by atoms with Crippen molar-refractivity contribution in [1.82, 2.24) is 5.32 Å². The van der Waals surface area contributed by atoms with Crippen LogP contribution >= 0.6 is 31.9 Å². The topological polar surface area (TPSA) is 77.9 Å². The Hall–Kier alpha value is -1.04. The second kappa shape index (κ2) is 8.13. The van der Waals surface area contributed by atoms with E-state index in [-0.39, 0.29) is 5.91 Å². The maximum absolute atomic E-state index is 11.8. The quantitative estimate of drug-likeness (QED) is 0.346. The van der Waals surface area contributed by atoms with E-state index in [4.69, 9.17) is 5.53 Å². The van der Waals surface area contributed by atoms with Crippen molar-refractivity contribution in [3.05, 3.63) is 43.2 Å². The number of azide groups is 1. The molecule has 0 spiro atoms. The number of nitrogens with one attached hydrogen (secondary N) is 1. The van der Waals surface area contributed by atoms with E-state index in [0.29, 0.717) is 18.7 Å². The van der Waals surface area contributed by atoms with Gasteiger partial charge in [-0.05, 0) is 36.6 Å². The van der Waals surface area contributed by atoms with Crippen molar-refractivity contribution >= 4 is 37.8 Å². The Bertz CT molecular complexity index is 452. The summed E-state index contributed by atoms with van der Waals surface area (Å²) < 4.78 is 1.70. The molecule has 0 aromatic heterocycles. The average molecular weight is 376 g/mol. The average Bonchev–Trinajstić information content (AvgIpc) is 2.32. The van der Waals surface area contributed by atoms with Crippen LogP contribution in [-0.2, 0) is 0 Å². The van der Waals surface area contributed by atoms with Crippen molar-refractivity contribution in [2.45, 2.75) is 12.8 Å². The first-order valence-electron chi connectivity index (χ1n) is 5.38. The summed E-state index contributed by atoms with van der Waals surface area (Å²) in [6.07, 6.45) is 1.56. The van der Waals surface area contributed by atoms with Crippen molar-refractivity contribution < 1.29 is 4.79 Å². The highest BCUT2D eigenvalue weighted by Crippen LogP contribution is 2.19. The van der Waals surface area contributed by atoms with E-state index in [0.717, 1.165) is 21.8 Å². The molecular weight excluding hydrogens is 364 g/mol. The van der Waals surface area contributed by atoms with E-state index in [1.54, 1.807) is 12.1 Å². The number of hydrogen-bond acceptors (Lipinski definition) is 2. The van der Waals surface area contributed by atoms with Gasteiger partial charge in [0.25, 0.3) is 5.91 Å². The SMILES string of the molecule is [N-]=[N+]=NCCCCNC(=O)c1cc(Br)cc(Br)c1. The van der Waals surface area contributed by atoms with E-state index in [9.17, 15) is 4.79 Å². The fourth-order valence-corrected chi connectivity index (χ4v) is 2.63. The number of halogens is 2. The molecule has 0 aliphatic carbocycles. The van der Waals surface area contributed by atoms with Crippen molar-refractivity contribution in [2.24, 2.45) is 5.11 Å². The van der Waals surface area contributed by atoms with Gasteiger partial charge < -0.3 is 5.32 Å². The Labute approximate surface area is 122 Å². The summed E-state index contributed by atoms with van der Waals surface area (Å²) in [5, 5.41) is 6.24. The second-order valence-corrected chi connectivity index (χ2v) is 5.41. The molecule has 0 aliphatic rings. The van der Waals surface area contributed by atoms with Crippen molar-refractivity contribution in [3.63, 3.8) is 0 Å². The van der Waals surface area contributed by atoms with Crippen LogP contribution in [0.5, 0.6) is 0 Å². The summed E-state index contributed by atoms with van der Waals surface area (Å²) in [4.78, 5) is 14.5. The molecule has 0 saturated carbocycles. The highest BCUT2D eigenvalue weighted by Gasteiger charge is 2.06. The number of rotatable bonds is 6. The number of benzene rings is 1. The third kappa shape index (κ3) is 5.53. The molecule has 0 saturated heterocycles. The Morgan fingerprint density at radius 1 is 1.28 bits per heavy atom. The van der Waals surface area contributed by atoms with E-state index >= 15 is 0 Å². The smallest absolute Gasteiger partial charge is 0.251 e. The van der Waals surface area contributed by atoms with Crippen LogP contribution in [0.15, 0.2) is 32.3 Å². The van der Waals surface area contributed by atoms with E-state index in [2.05, 4.69) is 47.2 Å². The summed E-state index contributed by atoms with van der Waals surface area (Å²) in [6.45, 7) is 1.04. The predicted octanol–water partition coefficient (Wildman–Crippen LogP) is 4.03. The minimum Gasteiger partial charge on any atom is -0.352 e. The summed E-state index contributed by atoms with van der Waals surface area (Å²) in [6, 6.07) is 5.40. The normalized spacial score (nSPS) is 9.67. The second-order valence-electron chi connectivity index (χ2n) is 3.58. The minimum absolute atomic E-state index is 0.110. The molecular formula is C11H12Br2N4O. The molecule has 1 rings (SSSR count). The van der Waals surface area contributed by atoms with Gasteiger partial charge in [-0.25, -0.2) is 0 Å². The molecule has 96 valence electrons. The molecule has 0 atom stereocenters. The fourth-order valence-electron chi connectivity index (χ4n) is 1.34. The fraction of sp³-hybridized carbons (Fsp3) is 0.364. The molecule has 7 heteroatoms. The molecule has 1 N–H and O–H groups in total. The van der Waals surface area contributed by atoms with Crippen LogP contribution in [0.25, 0.3) is 10.4 Å². The van der Waals surface area contributed by atoms with Gasteiger partial charge in [0.15, 0.2) is 0 Å². The van der Waals surface area contributed by atoms with Gasteiger partial charge in [-0.3, -0.25) is 4.79 Å². The van der Waals surface area contributed by atoms with Crippen LogP contribution in [0.3, 0.4) is 0 Å². The molecule has 18 heavy (non-hydrogen) atoms. The van der Waals surface area contributed by atoms with Crippen molar-refractivity contribution in [2.75, 3.05) is 13.1 Å². The van der Waals surface area contributed by atoms with Gasteiger partial charge in [-0.1, -0.05) is 37.0 Å². The van der Waals surface area contributed by atoms with Gasteiger partial charge in [0.05, 0.1) is 0 Å². The molecule has 1 aromatic rings. The largest absolute Gasteiger partial charge is 0.352 e. The summed E-state index contributed by atoms with van der Waals surface area (Å²) in [5.74, 6) is -0.110. The maximum atomic E-state index is 11.8. The molecule has 1 amide bonds. The van der Waals surface area contributed by atoms with Crippen LogP contribution in [0.4, 0.5) is 0 Å².